The van der Waals surface area contributed by atoms with Crippen molar-refractivity contribution >= 4 is 23.9 Å². The fourth-order valence-corrected chi connectivity index (χ4v) is 11.6. The van der Waals surface area contributed by atoms with E-state index in [1.54, 1.807) is 13.8 Å². The van der Waals surface area contributed by atoms with E-state index in [1.165, 1.54) is 11.1 Å². The fourth-order valence-electron chi connectivity index (χ4n) is 11.6. The summed E-state index contributed by atoms with van der Waals surface area (Å²) in [6, 6.07) is 17.3. The van der Waals surface area contributed by atoms with Crippen LogP contribution in [0.3, 0.4) is 0 Å². The highest BCUT2D eigenvalue weighted by Gasteiger charge is 2.57. The number of quaternary nitrogens is 2. The zero-order chi connectivity index (χ0) is 38.5. The topological polar surface area (TPSA) is 105 Å². The number of carbonyl (C=O) groups is 4. The van der Waals surface area contributed by atoms with Gasteiger partial charge in [-0.1, -0.05) is 26.0 Å². The van der Waals surface area contributed by atoms with Gasteiger partial charge in [0.1, 0.15) is 36.8 Å². The molecule has 0 spiro atoms. The lowest BCUT2D eigenvalue weighted by molar-refractivity contribution is -0.961. The van der Waals surface area contributed by atoms with E-state index in [2.05, 4.69) is 50.5 Å². The fraction of sp³-hybridized carbons (Fsp3) is 0.600. The van der Waals surface area contributed by atoms with Gasteiger partial charge in [0.2, 0.25) is 0 Å². The summed E-state index contributed by atoms with van der Waals surface area (Å²) in [5, 5.41) is 0. The van der Waals surface area contributed by atoms with Gasteiger partial charge in [-0.05, 0) is 66.8 Å². The minimum absolute atomic E-state index is 0.0235. The Balaban J connectivity index is 0.862. The van der Waals surface area contributed by atoms with E-state index in [-0.39, 0.29) is 47.9 Å². The van der Waals surface area contributed by atoms with Crippen LogP contribution in [0.5, 0.6) is 11.5 Å². The monoisotopic (exact) mass is 754 g/mol. The van der Waals surface area contributed by atoms with Crippen LogP contribution in [-0.4, -0.2) is 83.3 Å². The predicted octanol–water partition coefficient (Wildman–Crippen LogP) is 6.82. The van der Waals surface area contributed by atoms with Gasteiger partial charge in [0.25, 0.3) is 0 Å². The van der Waals surface area contributed by atoms with Crippen LogP contribution >= 0.6 is 0 Å². The molecule has 2 aromatic carbocycles. The van der Waals surface area contributed by atoms with Crippen molar-refractivity contribution in [2.75, 3.05) is 14.1 Å². The predicted molar refractivity (Wildman–Crippen MR) is 204 cm³/mol. The van der Waals surface area contributed by atoms with Crippen LogP contribution < -0.4 is 9.47 Å². The molecular formula is C45H58N2O8+2. The molecule has 4 aliphatic heterocycles. The van der Waals surface area contributed by atoms with Crippen molar-refractivity contribution in [1.29, 1.82) is 0 Å². The average molecular weight is 755 g/mol. The molecule has 8 unspecified atom stereocenters. The quantitative estimate of drug-likeness (QED) is 0.101. The number of nitrogens with zero attached hydrogens (tertiary/aromatic N) is 2. The Hall–Kier alpha value is -4.02. The minimum Gasteiger partial charge on any atom is -0.462 e. The van der Waals surface area contributed by atoms with Crippen molar-refractivity contribution in [3.8, 4) is 11.5 Å². The van der Waals surface area contributed by atoms with Crippen molar-refractivity contribution in [2.45, 2.75) is 134 Å². The van der Waals surface area contributed by atoms with Crippen LogP contribution in [-0.2, 0) is 41.7 Å². The molecule has 1 saturated carbocycles. The highest BCUT2D eigenvalue weighted by Crippen LogP contribution is 2.51. The average Bonchev–Trinajstić information content (AvgIpc) is 3.84. The Kier molecular flexibility index (Phi) is 10.4. The van der Waals surface area contributed by atoms with Crippen LogP contribution in [0.1, 0.15) is 95.6 Å². The smallest absolute Gasteiger partial charge is 0.310 e. The van der Waals surface area contributed by atoms with E-state index in [4.69, 9.17) is 18.9 Å². The Bertz CT molecular complexity index is 1650. The number of carbonyl (C=O) groups excluding carboxylic acids is 4. The largest absolute Gasteiger partial charge is 0.462 e. The van der Waals surface area contributed by atoms with Crippen LogP contribution in [0.25, 0.3) is 0 Å². The molecule has 8 rings (SSSR count). The first-order chi connectivity index (χ1) is 26.4. The second-order valence-electron chi connectivity index (χ2n) is 17.8. The van der Waals surface area contributed by atoms with E-state index in [0.29, 0.717) is 48.5 Å². The third-order valence-electron chi connectivity index (χ3n) is 14.6. The molecule has 0 aromatic heterocycles. The number of piperidine rings is 2. The first-order valence-corrected chi connectivity index (χ1v) is 20.8. The van der Waals surface area contributed by atoms with Crippen LogP contribution in [0.15, 0.2) is 60.7 Å². The lowest BCUT2D eigenvalue weighted by Gasteiger charge is -2.47. The zero-order valence-electron chi connectivity index (χ0n) is 32.9. The molecule has 0 radical (unpaired) electrons. The highest BCUT2D eigenvalue weighted by atomic mass is 16.6. The number of benzene rings is 2. The maximum atomic E-state index is 14.1. The summed E-state index contributed by atoms with van der Waals surface area (Å²) in [6.45, 7) is 5.34. The molecule has 0 amide bonds. The van der Waals surface area contributed by atoms with Crippen molar-refractivity contribution in [1.82, 2.24) is 0 Å². The van der Waals surface area contributed by atoms with Gasteiger partial charge in [-0.3, -0.25) is 19.2 Å². The summed E-state index contributed by atoms with van der Waals surface area (Å²) in [5.41, 5.74) is 2.41. The van der Waals surface area contributed by atoms with E-state index in [0.717, 1.165) is 79.8 Å². The van der Waals surface area contributed by atoms with E-state index < -0.39 is 11.8 Å². The first-order valence-electron chi connectivity index (χ1n) is 20.8. The first kappa shape index (κ1) is 37.9. The molecule has 2 aromatic rings. The second kappa shape index (κ2) is 15.1. The van der Waals surface area contributed by atoms with Crippen molar-refractivity contribution in [2.24, 2.45) is 23.7 Å². The van der Waals surface area contributed by atoms with Gasteiger partial charge in [-0.2, -0.15) is 0 Å². The molecule has 6 bridgehead atoms. The molecular weight excluding hydrogens is 697 g/mol. The van der Waals surface area contributed by atoms with Crippen molar-refractivity contribution in [3.05, 3.63) is 71.8 Å². The maximum Gasteiger partial charge on any atom is 0.310 e. The summed E-state index contributed by atoms with van der Waals surface area (Å²) in [7, 11) is 4.67. The van der Waals surface area contributed by atoms with Gasteiger partial charge in [0.15, 0.2) is 0 Å². The molecule has 2 aliphatic carbocycles. The van der Waals surface area contributed by atoms with Crippen LogP contribution in [0, 0.1) is 23.7 Å². The minimum atomic E-state index is -0.482. The highest BCUT2D eigenvalue weighted by molar-refractivity contribution is 5.84. The Labute approximate surface area is 325 Å². The summed E-state index contributed by atoms with van der Waals surface area (Å²) in [5.74, 6) is -0.686. The summed E-state index contributed by atoms with van der Waals surface area (Å²) in [6.07, 6.45) is 13.2. The second-order valence-corrected chi connectivity index (χ2v) is 17.8. The molecule has 10 nitrogen and oxygen atoms in total. The van der Waals surface area contributed by atoms with Crippen molar-refractivity contribution < 1.29 is 47.1 Å². The van der Waals surface area contributed by atoms with E-state index in [9.17, 15) is 19.2 Å². The summed E-state index contributed by atoms with van der Waals surface area (Å²) in [4.78, 5) is 51.5. The Morgan fingerprint density at radius 3 is 1.22 bits per heavy atom. The number of allylic oxidation sites excluding steroid dienone is 2. The molecule has 4 heterocycles. The molecule has 10 heteroatoms. The Morgan fingerprint density at radius 1 is 0.545 bits per heavy atom. The third kappa shape index (κ3) is 7.37. The number of ether oxygens (including phenoxy) is 4. The molecule has 6 aliphatic rings. The normalized spacial score (nSPS) is 36.7. The summed E-state index contributed by atoms with van der Waals surface area (Å²) < 4.78 is 25.4. The molecule has 0 N–H and O–H groups in total. The van der Waals surface area contributed by atoms with Crippen molar-refractivity contribution in [3.63, 3.8) is 0 Å². The third-order valence-corrected chi connectivity index (χ3v) is 14.6. The standard InChI is InChI=1S/C45H58N2O8/c1-5-40(48)52-36-17-7-28(8-18-36)26-46(3)32-13-14-33(46)23-38(22-32)54-44(50)42-30-11-12-31(21-30)43(42)45(51)55-39-24-34-15-16-35(25-39)47(34,4)27-29-9-19-37(20-10-29)53-41(49)6-2/h7-12,17-20,30-35,38-39,42-43H,5-6,13-16,21-27H2,1-4H3/q+2. The maximum absolute atomic E-state index is 14.1. The van der Waals surface area contributed by atoms with Gasteiger partial charge in [0, 0.05) is 75.3 Å². The molecule has 55 heavy (non-hydrogen) atoms. The Morgan fingerprint density at radius 2 is 0.891 bits per heavy atom. The van der Waals surface area contributed by atoms with Gasteiger partial charge >= 0.3 is 23.9 Å². The lowest BCUT2D eigenvalue weighted by Crippen LogP contribution is -2.58. The number of esters is 4. The van der Waals surface area contributed by atoms with Crippen LogP contribution in [0.4, 0.5) is 0 Å². The molecule has 294 valence electrons. The molecule has 5 fully saturated rings. The van der Waals surface area contributed by atoms with Crippen LogP contribution in [0.2, 0.25) is 0 Å². The van der Waals surface area contributed by atoms with Gasteiger partial charge in [-0.25, -0.2) is 0 Å². The molecule has 4 saturated heterocycles. The SMILES string of the molecule is CCC(=O)Oc1ccc(C[N+]2(C)C3CCC2CC(OC(=O)C2C4C=CC(C4)C2C(=O)OC2CC4CCC(C2)[N+]4(C)Cc2ccc(OC(=O)CC)cc2)C3)cc1. The van der Waals surface area contributed by atoms with Gasteiger partial charge in [0.05, 0.1) is 50.1 Å². The molecule has 8 atom stereocenters. The number of hydrogen-bond donors (Lipinski definition) is 0. The van der Waals surface area contributed by atoms with Gasteiger partial charge < -0.3 is 27.9 Å². The number of rotatable bonds is 12. The van der Waals surface area contributed by atoms with E-state index in [1.807, 2.05) is 24.3 Å². The zero-order valence-corrected chi connectivity index (χ0v) is 32.9. The van der Waals surface area contributed by atoms with E-state index >= 15 is 0 Å². The van der Waals surface area contributed by atoms with Gasteiger partial charge in [-0.15, -0.1) is 0 Å². The number of fused-ring (bicyclic) bond motifs is 6. The lowest BCUT2D eigenvalue weighted by atomic mass is 9.82. The number of hydrogen-bond acceptors (Lipinski definition) is 8. The summed E-state index contributed by atoms with van der Waals surface area (Å²) >= 11 is 0.